The molecule has 30 heavy (non-hydrogen) atoms. The second kappa shape index (κ2) is 10.9. The minimum absolute atomic E-state index is 0.344. The monoisotopic (exact) mass is 406 g/mol. The molecule has 160 valence electrons. The maximum atomic E-state index is 4.35. The molecule has 0 atom stereocenters. The molecule has 0 fully saturated rings. The van der Waals surface area contributed by atoms with E-state index in [9.17, 15) is 0 Å². The van der Waals surface area contributed by atoms with Crippen LogP contribution in [0.3, 0.4) is 0 Å². The van der Waals surface area contributed by atoms with Gasteiger partial charge in [-0.3, -0.25) is 0 Å². The third kappa shape index (κ3) is 5.88. The van der Waals surface area contributed by atoms with Gasteiger partial charge in [-0.05, 0) is 66.8 Å². The van der Waals surface area contributed by atoms with E-state index in [0.29, 0.717) is 23.7 Å². The van der Waals surface area contributed by atoms with Crippen molar-refractivity contribution in [3.8, 4) is 0 Å². The molecule has 0 radical (unpaired) electrons. The van der Waals surface area contributed by atoms with Crippen molar-refractivity contribution in [2.75, 3.05) is 0 Å². The molecule has 2 rings (SSSR count). The Morgan fingerprint density at radius 2 is 0.700 bits per heavy atom. The van der Waals surface area contributed by atoms with Gasteiger partial charge in [0.2, 0.25) is 0 Å². The first-order valence-corrected chi connectivity index (χ1v) is 10.7. The summed E-state index contributed by atoms with van der Waals surface area (Å²) in [6.07, 6.45) is 0. The summed E-state index contributed by atoms with van der Waals surface area (Å²) in [6, 6.07) is 12.5. The molecule has 0 N–H and O–H groups in total. The van der Waals surface area contributed by atoms with E-state index < -0.39 is 0 Å². The van der Waals surface area contributed by atoms with Crippen molar-refractivity contribution in [2.24, 2.45) is 31.1 Å². The molecule has 6 heteroatoms. The fourth-order valence-electron chi connectivity index (χ4n) is 3.42. The first-order valence-electron chi connectivity index (χ1n) is 10.7. The lowest BCUT2D eigenvalue weighted by atomic mass is 9.93. The molecule has 2 aromatic rings. The van der Waals surface area contributed by atoms with Gasteiger partial charge in [0.25, 0.3) is 0 Å². The van der Waals surface area contributed by atoms with Crippen LogP contribution in [0.5, 0.6) is 0 Å². The van der Waals surface area contributed by atoms with Gasteiger partial charge in [-0.25, -0.2) is 0 Å². The van der Waals surface area contributed by atoms with Crippen LogP contribution in [-0.4, -0.2) is 0 Å². The normalized spacial score (nSPS) is 12.8. The van der Waals surface area contributed by atoms with Crippen molar-refractivity contribution in [3.05, 3.63) is 58.7 Å². The van der Waals surface area contributed by atoms with Crippen LogP contribution in [0.2, 0.25) is 0 Å². The summed E-state index contributed by atoms with van der Waals surface area (Å²) in [5, 5.41) is 24.0. The van der Waals surface area contributed by atoms with Crippen molar-refractivity contribution in [1.82, 2.24) is 0 Å². The molecule has 0 saturated heterocycles. The largest absolute Gasteiger partial charge is 0.129 e. The molecule has 0 aliphatic heterocycles. The van der Waals surface area contributed by atoms with Gasteiger partial charge in [0.05, 0.1) is 11.4 Å². The highest BCUT2D eigenvalue weighted by Crippen LogP contribution is 2.36. The van der Waals surface area contributed by atoms with Gasteiger partial charge in [0, 0.05) is 0 Å². The summed E-state index contributed by atoms with van der Waals surface area (Å²) in [6.45, 7) is 17.2. The van der Waals surface area contributed by atoms with E-state index in [0.717, 1.165) is 33.6 Å². The van der Waals surface area contributed by atoms with Crippen LogP contribution in [-0.2, 0) is 0 Å². The standard InChI is InChI=1S/C24H34N6/c1-15(2)19-11-9-12-20(16(3)4)23(19)25-27-29-30-28-26-24-21(17(5)6)13-10-14-22(24)18(7)8/h9-18H,1-8H3/b27-25?,28-26?,30-29+. The van der Waals surface area contributed by atoms with Gasteiger partial charge < -0.3 is 0 Å². The second-order valence-electron chi connectivity index (χ2n) is 8.75. The highest BCUT2D eigenvalue weighted by Gasteiger charge is 2.14. The molecule has 6 nitrogen and oxygen atoms in total. The summed E-state index contributed by atoms with van der Waals surface area (Å²) in [7, 11) is 0. The lowest BCUT2D eigenvalue weighted by Crippen LogP contribution is -1.94. The molecule has 0 heterocycles. The average Bonchev–Trinajstić information content (AvgIpc) is 2.69. The highest BCUT2D eigenvalue weighted by molar-refractivity contribution is 5.56. The van der Waals surface area contributed by atoms with Gasteiger partial charge in [0.1, 0.15) is 0 Å². The van der Waals surface area contributed by atoms with Gasteiger partial charge in [-0.2, -0.15) is 0 Å². The highest BCUT2D eigenvalue weighted by atomic mass is 15.6. The third-order valence-electron chi connectivity index (χ3n) is 5.09. The van der Waals surface area contributed by atoms with Crippen LogP contribution in [0.25, 0.3) is 0 Å². The number of hydrogen-bond acceptors (Lipinski definition) is 2. The summed E-state index contributed by atoms with van der Waals surface area (Å²) in [4.78, 5) is 0. The lowest BCUT2D eigenvalue weighted by molar-refractivity contribution is 0.802. The maximum absolute atomic E-state index is 4.35. The molecule has 0 aliphatic rings. The van der Waals surface area contributed by atoms with Crippen molar-refractivity contribution in [3.63, 3.8) is 0 Å². The van der Waals surface area contributed by atoms with Gasteiger partial charge in [-0.15, -0.1) is 10.2 Å². The van der Waals surface area contributed by atoms with E-state index in [2.05, 4.69) is 123 Å². The fourth-order valence-corrected chi connectivity index (χ4v) is 3.42. The van der Waals surface area contributed by atoms with Crippen molar-refractivity contribution in [1.29, 1.82) is 0 Å². The Hall–Kier alpha value is -2.76. The Bertz CT molecular complexity index is 795. The molecule has 2 aromatic carbocycles. The molecule has 0 aliphatic carbocycles. The molecule has 0 saturated carbocycles. The molecule has 0 aromatic heterocycles. The fraction of sp³-hybridized carbons (Fsp3) is 0.500. The predicted molar refractivity (Wildman–Crippen MR) is 123 cm³/mol. The topological polar surface area (TPSA) is 74.2 Å². The maximum Gasteiger partial charge on any atom is 0.0944 e. The SMILES string of the molecule is CC(C)c1cccc(C(C)C)c1N=N/N=N/N=Nc1c(C(C)C)cccc1C(C)C. The van der Waals surface area contributed by atoms with E-state index in [-0.39, 0.29) is 0 Å². The van der Waals surface area contributed by atoms with Crippen LogP contribution in [0.4, 0.5) is 11.4 Å². The number of rotatable bonds is 8. The first kappa shape index (κ1) is 23.5. The van der Waals surface area contributed by atoms with Gasteiger partial charge in [0.15, 0.2) is 0 Å². The Balaban J connectivity index is 2.27. The number of hydrogen-bond donors (Lipinski definition) is 0. The zero-order valence-electron chi connectivity index (χ0n) is 19.5. The minimum atomic E-state index is 0.344. The summed E-state index contributed by atoms with van der Waals surface area (Å²) in [5.41, 5.74) is 6.32. The van der Waals surface area contributed by atoms with Crippen molar-refractivity contribution in [2.45, 2.75) is 79.1 Å². The molecule has 0 unspecified atom stereocenters. The smallest absolute Gasteiger partial charge is 0.0944 e. The Morgan fingerprint density at radius 1 is 0.433 bits per heavy atom. The van der Waals surface area contributed by atoms with Crippen molar-refractivity contribution >= 4 is 11.4 Å². The van der Waals surface area contributed by atoms with E-state index in [1.165, 1.54) is 0 Å². The van der Waals surface area contributed by atoms with Crippen LogP contribution >= 0.6 is 0 Å². The van der Waals surface area contributed by atoms with Crippen LogP contribution in [0.1, 0.15) is 101 Å². The quantitative estimate of drug-likeness (QED) is 0.309. The van der Waals surface area contributed by atoms with E-state index in [1.54, 1.807) is 0 Å². The van der Waals surface area contributed by atoms with Crippen LogP contribution in [0, 0.1) is 0 Å². The zero-order valence-corrected chi connectivity index (χ0v) is 19.5. The summed E-state index contributed by atoms with van der Waals surface area (Å²) in [5.74, 6) is 1.38. The van der Waals surface area contributed by atoms with Crippen LogP contribution in [0.15, 0.2) is 67.5 Å². The Kier molecular flexibility index (Phi) is 8.51. The Labute approximate surface area is 180 Å². The van der Waals surface area contributed by atoms with E-state index in [4.69, 9.17) is 0 Å². The molecular weight excluding hydrogens is 372 g/mol. The minimum Gasteiger partial charge on any atom is -0.129 e. The zero-order chi connectivity index (χ0) is 22.3. The van der Waals surface area contributed by atoms with Crippen LogP contribution < -0.4 is 0 Å². The molecule has 0 bridgehead atoms. The van der Waals surface area contributed by atoms with Gasteiger partial charge in [-0.1, -0.05) is 91.8 Å². The molecular formula is C24H34N6. The van der Waals surface area contributed by atoms with Gasteiger partial charge >= 0.3 is 0 Å². The molecule has 0 amide bonds. The van der Waals surface area contributed by atoms with Crippen molar-refractivity contribution < 1.29 is 0 Å². The predicted octanol–water partition coefficient (Wildman–Crippen LogP) is 9.33. The number of nitrogens with zero attached hydrogens (tertiary/aromatic N) is 6. The average molecular weight is 407 g/mol. The summed E-state index contributed by atoms with van der Waals surface area (Å²) < 4.78 is 0. The first-order chi connectivity index (χ1) is 14.2. The third-order valence-corrected chi connectivity index (χ3v) is 5.09. The Morgan fingerprint density at radius 3 is 0.933 bits per heavy atom. The van der Waals surface area contributed by atoms with E-state index in [1.807, 2.05) is 0 Å². The summed E-state index contributed by atoms with van der Waals surface area (Å²) >= 11 is 0. The van der Waals surface area contributed by atoms with E-state index >= 15 is 0 Å². The number of benzene rings is 2. The lowest BCUT2D eigenvalue weighted by Gasteiger charge is -2.14. The molecule has 0 spiro atoms. The second-order valence-corrected chi connectivity index (χ2v) is 8.75.